The second-order valence-corrected chi connectivity index (χ2v) is 9.03. The van der Waals surface area contributed by atoms with E-state index in [0.29, 0.717) is 0 Å². The van der Waals surface area contributed by atoms with Gasteiger partial charge in [-0.15, -0.1) is 0 Å². The van der Waals surface area contributed by atoms with E-state index >= 15 is 0 Å². The Bertz CT molecular complexity index is 464. The molecule has 0 aliphatic carbocycles. The second-order valence-electron chi connectivity index (χ2n) is 9.03. The molecule has 3 aliphatic heterocycles. The van der Waals surface area contributed by atoms with Gasteiger partial charge < -0.3 is 20.3 Å². The molecule has 162 valence electrons. The van der Waals surface area contributed by atoms with E-state index in [9.17, 15) is 0 Å². The molecule has 0 atom stereocenters. The van der Waals surface area contributed by atoms with Crippen LogP contribution in [0, 0.1) is 5.92 Å². The van der Waals surface area contributed by atoms with Crippen LogP contribution in [-0.4, -0.2) is 86.9 Å². The molecule has 2 N–H and O–H groups in total. The average Bonchev–Trinajstić information content (AvgIpc) is 3.27. The maximum atomic E-state index is 5.67. The minimum absolute atomic E-state index is 0.210. The molecule has 6 nitrogen and oxygen atoms in total. The number of hydrogen-bond donors (Lipinski definition) is 2. The van der Waals surface area contributed by atoms with E-state index in [1.807, 2.05) is 0 Å². The number of ether oxygens (including phenoxy) is 1. The predicted molar refractivity (Wildman–Crippen MR) is 117 cm³/mol. The van der Waals surface area contributed by atoms with Gasteiger partial charge in [0.05, 0.1) is 6.54 Å². The summed E-state index contributed by atoms with van der Waals surface area (Å²) < 4.78 is 5.67. The Morgan fingerprint density at radius 2 is 1.79 bits per heavy atom. The molecule has 0 aromatic carbocycles. The Morgan fingerprint density at radius 3 is 2.46 bits per heavy atom. The zero-order chi connectivity index (χ0) is 19.7. The number of nitrogens with one attached hydrogen (secondary N) is 2. The molecule has 0 radical (unpaired) electrons. The van der Waals surface area contributed by atoms with Crippen molar-refractivity contribution in [3.05, 3.63) is 0 Å². The van der Waals surface area contributed by atoms with Crippen molar-refractivity contribution in [1.82, 2.24) is 20.4 Å². The molecule has 6 heteroatoms. The number of hydrogen-bond acceptors (Lipinski definition) is 4. The van der Waals surface area contributed by atoms with Gasteiger partial charge in [-0.25, -0.2) is 0 Å². The van der Waals surface area contributed by atoms with Crippen molar-refractivity contribution in [2.75, 3.05) is 65.6 Å². The molecule has 0 aromatic rings. The molecule has 3 heterocycles. The molecule has 0 unspecified atom stereocenters. The van der Waals surface area contributed by atoms with Crippen molar-refractivity contribution in [1.29, 1.82) is 0 Å². The Balaban J connectivity index is 1.46. The lowest BCUT2D eigenvalue weighted by Gasteiger charge is -2.43. The van der Waals surface area contributed by atoms with Gasteiger partial charge in [0.1, 0.15) is 0 Å². The summed E-state index contributed by atoms with van der Waals surface area (Å²) in [5.41, 5.74) is 0.210. The summed E-state index contributed by atoms with van der Waals surface area (Å²) in [7, 11) is 0. The summed E-state index contributed by atoms with van der Waals surface area (Å²) in [6, 6.07) is 0. The number of piperidine rings is 1. The molecule has 3 saturated heterocycles. The van der Waals surface area contributed by atoms with Crippen LogP contribution in [0.5, 0.6) is 0 Å². The molecule has 0 aromatic heterocycles. The van der Waals surface area contributed by atoms with Crippen molar-refractivity contribution in [2.45, 2.75) is 64.3 Å². The van der Waals surface area contributed by atoms with Gasteiger partial charge in [-0.2, -0.15) is 0 Å². The Hall–Kier alpha value is -0.850. The van der Waals surface area contributed by atoms with Crippen molar-refractivity contribution < 1.29 is 4.74 Å². The Morgan fingerprint density at radius 1 is 1.07 bits per heavy atom. The van der Waals surface area contributed by atoms with Gasteiger partial charge >= 0.3 is 0 Å². The first kappa shape index (κ1) is 21.8. The van der Waals surface area contributed by atoms with E-state index in [-0.39, 0.29) is 5.54 Å². The normalized spacial score (nSPS) is 25.1. The minimum Gasteiger partial charge on any atom is -0.381 e. The molecule has 28 heavy (non-hydrogen) atoms. The number of likely N-dealkylation sites (tertiary alicyclic amines) is 2. The van der Waals surface area contributed by atoms with E-state index in [0.717, 1.165) is 57.6 Å². The van der Waals surface area contributed by atoms with Crippen molar-refractivity contribution in [3.8, 4) is 0 Å². The zero-order valence-electron chi connectivity index (χ0n) is 18.3. The van der Waals surface area contributed by atoms with Crippen molar-refractivity contribution >= 4 is 5.96 Å². The third-order valence-corrected chi connectivity index (χ3v) is 6.90. The van der Waals surface area contributed by atoms with Gasteiger partial charge in [-0.05, 0) is 90.5 Å². The number of aliphatic imine (C=N–C) groups is 1. The summed E-state index contributed by atoms with van der Waals surface area (Å²) in [6.07, 6.45) is 8.80. The lowest BCUT2D eigenvalue weighted by atomic mass is 9.88. The summed E-state index contributed by atoms with van der Waals surface area (Å²) in [5.74, 6) is 1.90. The van der Waals surface area contributed by atoms with Crippen LogP contribution in [-0.2, 0) is 4.74 Å². The SMILES string of the molecule is CCNC(=NCC1(N2CCCC2)CCOCC1)NCCCN1CCC(C)CC1. The van der Waals surface area contributed by atoms with Gasteiger partial charge in [0.2, 0.25) is 0 Å². The Labute approximate surface area is 172 Å². The first-order chi connectivity index (χ1) is 13.7. The third kappa shape index (κ3) is 6.33. The highest BCUT2D eigenvalue weighted by molar-refractivity contribution is 5.79. The van der Waals surface area contributed by atoms with Crippen LogP contribution < -0.4 is 10.6 Å². The smallest absolute Gasteiger partial charge is 0.191 e. The highest BCUT2D eigenvalue weighted by atomic mass is 16.5. The fraction of sp³-hybridized carbons (Fsp3) is 0.955. The largest absolute Gasteiger partial charge is 0.381 e. The average molecular weight is 394 g/mol. The van der Waals surface area contributed by atoms with Crippen LogP contribution >= 0.6 is 0 Å². The zero-order valence-corrected chi connectivity index (χ0v) is 18.3. The van der Waals surface area contributed by atoms with Crippen molar-refractivity contribution in [2.24, 2.45) is 10.9 Å². The highest BCUT2D eigenvalue weighted by Gasteiger charge is 2.39. The monoisotopic (exact) mass is 393 g/mol. The maximum Gasteiger partial charge on any atom is 0.191 e. The maximum absolute atomic E-state index is 5.67. The van der Waals surface area contributed by atoms with E-state index in [2.05, 4.69) is 34.3 Å². The second kappa shape index (κ2) is 11.4. The fourth-order valence-corrected chi connectivity index (χ4v) is 4.88. The molecule has 0 amide bonds. The molecule has 0 spiro atoms. The van der Waals surface area contributed by atoms with Gasteiger partial charge in [0, 0.05) is 31.8 Å². The summed E-state index contributed by atoms with van der Waals surface area (Å²) >= 11 is 0. The van der Waals surface area contributed by atoms with Gasteiger partial charge in [0.25, 0.3) is 0 Å². The summed E-state index contributed by atoms with van der Waals surface area (Å²) in [4.78, 5) is 10.3. The number of rotatable bonds is 8. The third-order valence-electron chi connectivity index (χ3n) is 6.90. The number of guanidine groups is 1. The van der Waals surface area contributed by atoms with Crippen LogP contribution in [0.2, 0.25) is 0 Å². The molecular formula is C22H43N5O. The molecule has 0 bridgehead atoms. The van der Waals surface area contributed by atoms with Crippen LogP contribution in [0.15, 0.2) is 4.99 Å². The lowest BCUT2D eigenvalue weighted by molar-refractivity contribution is -0.0139. The lowest BCUT2D eigenvalue weighted by Crippen LogP contribution is -2.54. The van der Waals surface area contributed by atoms with E-state index in [1.54, 1.807) is 0 Å². The van der Waals surface area contributed by atoms with Gasteiger partial charge in [-0.1, -0.05) is 6.92 Å². The quantitative estimate of drug-likeness (QED) is 0.377. The van der Waals surface area contributed by atoms with Crippen molar-refractivity contribution in [3.63, 3.8) is 0 Å². The standard InChI is InChI=1S/C22H43N5O/c1-3-23-21(24-11-6-12-26-15-7-20(2)8-16-26)25-19-22(9-17-28-18-10-22)27-13-4-5-14-27/h20H,3-19H2,1-2H3,(H2,23,24,25). The first-order valence-electron chi connectivity index (χ1n) is 11.8. The molecule has 3 aliphatic rings. The topological polar surface area (TPSA) is 52.1 Å². The van der Waals surface area contributed by atoms with Crippen LogP contribution in [0.25, 0.3) is 0 Å². The van der Waals surface area contributed by atoms with Gasteiger partial charge in [-0.3, -0.25) is 9.89 Å². The van der Waals surface area contributed by atoms with Gasteiger partial charge in [0.15, 0.2) is 5.96 Å². The van der Waals surface area contributed by atoms with Crippen LogP contribution in [0.1, 0.15) is 58.8 Å². The van der Waals surface area contributed by atoms with E-state index in [1.165, 1.54) is 64.8 Å². The van der Waals surface area contributed by atoms with Crippen LogP contribution in [0.3, 0.4) is 0 Å². The predicted octanol–water partition coefficient (Wildman–Crippen LogP) is 2.31. The molecule has 0 saturated carbocycles. The highest BCUT2D eigenvalue weighted by Crippen LogP contribution is 2.31. The summed E-state index contributed by atoms with van der Waals surface area (Å²) in [6.45, 7) is 15.3. The number of nitrogens with zero attached hydrogens (tertiary/aromatic N) is 3. The van der Waals surface area contributed by atoms with Crippen LogP contribution in [0.4, 0.5) is 0 Å². The fourth-order valence-electron chi connectivity index (χ4n) is 4.88. The van der Waals surface area contributed by atoms with E-state index < -0.39 is 0 Å². The molecule has 3 fully saturated rings. The first-order valence-corrected chi connectivity index (χ1v) is 11.8. The Kier molecular flexibility index (Phi) is 8.87. The summed E-state index contributed by atoms with van der Waals surface area (Å²) in [5, 5.41) is 7.03. The molecular weight excluding hydrogens is 350 g/mol. The minimum atomic E-state index is 0.210. The van der Waals surface area contributed by atoms with E-state index in [4.69, 9.17) is 9.73 Å². The molecule has 3 rings (SSSR count).